The third-order valence-corrected chi connectivity index (χ3v) is 5.20. The lowest BCUT2D eigenvalue weighted by atomic mass is 10.1. The maximum Gasteiger partial charge on any atom is 0.229 e. The number of hydrogen-bond acceptors (Lipinski definition) is 4. The number of rotatable bonds is 6. The minimum absolute atomic E-state index is 0.00376. The molecular weight excluding hydrogens is 354 g/mol. The Balaban J connectivity index is 1.65. The smallest absolute Gasteiger partial charge is 0.229 e. The van der Waals surface area contributed by atoms with Gasteiger partial charge >= 0.3 is 0 Å². The lowest BCUT2D eigenvalue weighted by molar-refractivity contribution is 0.102. The monoisotopic (exact) mass is 371 g/mol. The summed E-state index contributed by atoms with van der Waals surface area (Å²) < 4.78 is 24.8. The lowest BCUT2D eigenvalue weighted by Gasteiger charge is -2.06. The van der Waals surface area contributed by atoms with E-state index in [1.807, 2.05) is 24.3 Å². The van der Waals surface area contributed by atoms with Crippen molar-refractivity contribution in [2.24, 2.45) is 0 Å². The molecule has 1 N–H and O–H groups in total. The van der Waals surface area contributed by atoms with Gasteiger partial charge in [0.25, 0.3) is 0 Å². The predicted octanol–water partition coefficient (Wildman–Crippen LogP) is 4.19. The van der Waals surface area contributed by atoms with Crippen molar-refractivity contribution in [1.29, 1.82) is 0 Å². The number of ketones is 1. The number of benzene rings is 3. The van der Waals surface area contributed by atoms with Gasteiger partial charge < -0.3 is 0 Å². The SMILES string of the molecule is CS(=O)(=O)Nc1ccc(C(=O)CSc2ccc3ccccc3c2)cc1. The summed E-state index contributed by atoms with van der Waals surface area (Å²) in [6.45, 7) is 0. The summed E-state index contributed by atoms with van der Waals surface area (Å²) in [6, 6.07) is 20.7. The van der Waals surface area contributed by atoms with Crippen molar-refractivity contribution in [1.82, 2.24) is 0 Å². The van der Waals surface area contributed by atoms with Crippen LogP contribution < -0.4 is 4.72 Å². The van der Waals surface area contributed by atoms with Gasteiger partial charge in [-0.2, -0.15) is 0 Å². The van der Waals surface area contributed by atoms with Crippen molar-refractivity contribution in [3.8, 4) is 0 Å². The Morgan fingerprint density at radius 3 is 2.32 bits per heavy atom. The van der Waals surface area contributed by atoms with E-state index in [4.69, 9.17) is 0 Å². The Bertz CT molecular complexity index is 1010. The molecule has 0 aliphatic rings. The molecule has 4 nitrogen and oxygen atoms in total. The molecule has 0 fully saturated rings. The van der Waals surface area contributed by atoms with Crippen molar-refractivity contribution in [2.45, 2.75) is 4.90 Å². The van der Waals surface area contributed by atoms with Crippen LogP contribution in [0.25, 0.3) is 10.8 Å². The fourth-order valence-corrected chi connectivity index (χ4v) is 3.83. The van der Waals surface area contributed by atoms with Crippen LogP contribution in [0.15, 0.2) is 71.6 Å². The summed E-state index contributed by atoms with van der Waals surface area (Å²) in [5, 5.41) is 2.32. The Labute approximate surface area is 151 Å². The van der Waals surface area contributed by atoms with Gasteiger partial charge in [0.2, 0.25) is 10.0 Å². The maximum absolute atomic E-state index is 12.3. The molecule has 0 aliphatic heterocycles. The van der Waals surface area contributed by atoms with Crippen LogP contribution in [-0.4, -0.2) is 26.2 Å². The fourth-order valence-electron chi connectivity index (χ4n) is 2.43. The van der Waals surface area contributed by atoms with E-state index in [1.165, 1.54) is 17.1 Å². The largest absolute Gasteiger partial charge is 0.293 e. The minimum Gasteiger partial charge on any atom is -0.293 e. The molecule has 0 atom stereocenters. The van der Waals surface area contributed by atoms with Gasteiger partial charge in [0.15, 0.2) is 5.78 Å². The first-order valence-electron chi connectivity index (χ1n) is 7.63. The number of carbonyl (C=O) groups is 1. The summed E-state index contributed by atoms with van der Waals surface area (Å²) in [5.41, 5.74) is 1.01. The molecule has 3 aromatic rings. The van der Waals surface area contributed by atoms with Crippen LogP contribution in [0, 0.1) is 0 Å². The van der Waals surface area contributed by atoms with Crippen LogP contribution in [0.3, 0.4) is 0 Å². The topological polar surface area (TPSA) is 63.2 Å². The standard InChI is InChI=1S/C19H17NO3S2/c1-25(22,23)20-17-9-6-15(7-10-17)19(21)13-24-18-11-8-14-4-2-3-5-16(14)12-18/h2-12,20H,13H2,1H3. The first kappa shape index (κ1) is 17.5. The van der Waals surface area contributed by atoms with E-state index in [2.05, 4.69) is 22.9 Å². The molecule has 0 unspecified atom stereocenters. The second-order valence-electron chi connectivity index (χ2n) is 5.67. The van der Waals surface area contributed by atoms with E-state index >= 15 is 0 Å². The van der Waals surface area contributed by atoms with E-state index in [-0.39, 0.29) is 5.78 Å². The highest BCUT2D eigenvalue weighted by atomic mass is 32.2. The Morgan fingerprint density at radius 2 is 1.64 bits per heavy atom. The average molecular weight is 371 g/mol. The van der Waals surface area contributed by atoms with Gasteiger partial charge in [0.1, 0.15) is 0 Å². The molecule has 0 spiro atoms. The highest BCUT2D eigenvalue weighted by Crippen LogP contribution is 2.24. The number of carbonyl (C=O) groups excluding carboxylic acids is 1. The molecule has 0 aliphatic carbocycles. The van der Waals surface area contributed by atoms with E-state index in [1.54, 1.807) is 24.3 Å². The van der Waals surface area contributed by atoms with Crippen molar-refractivity contribution >= 4 is 44.0 Å². The van der Waals surface area contributed by atoms with E-state index in [9.17, 15) is 13.2 Å². The van der Waals surface area contributed by atoms with Crippen LogP contribution in [-0.2, 0) is 10.0 Å². The summed E-state index contributed by atoms with van der Waals surface area (Å²) >= 11 is 1.49. The zero-order valence-electron chi connectivity index (χ0n) is 13.6. The fraction of sp³-hybridized carbons (Fsp3) is 0.105. The molecule has 0 saturated carbocycles. The van der Waals surface area contributed by atoms with Crippen LogP contribution in [0.1, 0.15) is 10.4 Å². The number of Topliss-reactive ketones (excluding diaryl/α,β-unsaturated/α-hetero) is 1. The number of anilines is 1. The molecule has 0 radical (unpaired) electrons. The average Bonchev–Trinajstić information content (AvgIpc) is 2.59. The third kappa shape index (κ3) is 4.84. The normalized spacial score (nSPS) is 11.4. The molecule has 25 heavy (non-hydrogen) atoms. The van der Waals surface area contributed by atoms with Crippen molar-refractivity contribution in [3.63, 3.8) is 0 Å². The molecule has 3 aromatic carbocycles. The number of hydrogen-bond donors (Lipinski definition) is 1. The lowest BCUT2D eigenvalue weighted by Crippen LogP contribution is -2.10. The first-order valence-corrected chi connectivity index (χ1v) is 10.5. The maximum atomic E-state index is 12.3. The third-order valence-electron chi connectivity index (χ3n) is 3.60. The molecule has 0 bridgehead atoms. The molecule has 128 valence electrons. The van der Waals surface area contributed by atoms with Gasteiger partial charge in [0, 0.05) is 16.1 Å². The zero-order chi connectivity index (χ0) is 17.9. The van der Waals surface area contributed by atoms with Crippen LogP contribution in [0.4, 0.5) is 5.69 Å². The summed E-state index contributed by atoms with van der Waals surface area (Å²) in [7, 11) is -3.31. The van der Waals surface area contributed by atoms with Gasteiger partial charge in [-0.15, -0.1) is 11.8 Å². The van der Waals surface area contributed by atoms with Crippen molar-refractivity contribution < 1.29 is 13.2 Å². The second kappa shape index (κ2) is 7.29. The molecule has 0 saturated heterocycles. The molecule has 6 heteroatoms. The summed E-state index contributed by atoms with van der Waals surface area (Å²) in [6.07, 6.45) is 1.09. The van der Waals surface area contributed by atoms with Crippen molar-refractivity contribution in [2.75, 3.05) is 16.7 Å². The molecule has 0 aromatic heterocycles. The number of nitrogens with one attached hydrogen (secondary N) is 1. The van der Waals surface area contributed by atoms with Crippen LogP contribution in [0.2, 0.25) is 0 Å². The number of sulfonamides is 1. The quantitative estimate of drug-likeness (QED) is 0.521. The van der Waals surface area contributed by atoms with Gasteiger partial charge in [-0.05, 0) is 47.2 Å². The van der Waals surface area contributed by atoms with E-state index in [0.717, 1.165) is 16.5 Å². The summed E-state index contributed by atoms with van der Waals surface area (Å²) in [4.78, 5) is 13.4. The van der Waals surface area contributed by atoms with Crippen LogP contribution >= 0.6 is 11.8 Å². The summed E-state index contributed by atoms with van der Waals surface area (Å²) in [5.74, 6) is 0.334. The molecule has 0 amide bonds. The highest BCUT2D eigenvalue weighted by Gasteiger charge is 2.08. The van der Waals surface area contributed by atoms with Crippen LogP contribution in [0.5, 0.6) is 0 Å². The second-order valence-corrected chi connectivity index (χ2v) is 8.47. The van der Waals surface area contributed by atoms with E-state index in [0.29, 0.717) is 17.0 Å². The molecule has 3 rings (SSSR count). The Morgan fingerprint density at radius 1 is 0.960 bits per heavy atom. The number of thioether (sulfide) groups is 1. The Hall–Kier alpha value is -2.31. The first-order chi connectivity index (χ1) is 11.9. The zero-order valence-corrected chi connectivity index (χ0v) is 15.2. The van der Waals surface area contributed by atoms with Gasteiger partial charge in [-0.25, -0.2) is 8.42 Å². The van der Waals surface area contributed by atoms with E-state index < -0.39 is 10.0 Å². The number of fused-ring (bicyclic) bond motifs is 1. The highest BCUT2D eigenvalue weighted by molar-refractivity contribution is 8.00. The Kier molecular flexibility index (Phi) is 5.11. The van der Waals surface area contributed by atoms with Gasteiger partial charge in [-0.1, -0.05) is 30.3 Å². The molecule has 0 heterocycles. The minimum atomic E-state index is -3.31. The van der Waals surface area contributed by atoms with Gasteiger partial charge in [-0.3, -0.25) is 9.52 Å². The predicted molar refractivity (Wildman–Crippen MR) is 104 cm³/mol. The van der Waals surface area contributed by atoms with Crippen molar-refractivity contribution in [3.05, 3.63) is 72.3 Å². The molecular formula is C19H17NO3S2. The van der Waals surface area contributed by atoms with Gasteiger partial charge in [0.05, 0.1) is 12.0 Å².